The molecule has 0 aliphatic carbocycles. The molecule has 4 rings (SSSR count). The molecule has 3 heterocycles. The van der Waals surface area contributed by atoms with E-state index >= 15 is 0 Å². The van der Waals surface area contributed by atoms with Crippen molar-refractivity contribution in [2.24, 2.45) is 0 Å². The Kier molecular flexibility index (Phi) is 5.90. The molecule has 1 N–H and O–H groups in total. The summed E-state index contributed by atoms with van der Waals surface area (Å²) in [7, 11) is 1.56. The molecule has 1 aliphatic rings. The Labute approximate surface area is 178 Å². The fourth-order valence-electron chi connectivity index (χ4n) is 4.23. The van der Waals surface area contributed by atoms with Gasteiger partial charge in [0.15, 0.2) is 5.65 Å². The second-order valence-electron chi connectivity index (χ2n) is 7.76. The zero-order valence-electron chi connectivity index (χ0n) is 17.5. The average molecular weight is 434 g/mol. The van der Waals surface area contributed by atoms with E-state index in [2.05, 4.69) is 15.0 Å². The summed E-state index contributed by atoms with van der Waals surface area (Å²) in [5, 5.41) is 13.9. The van der Waals surface area contributed by atoms with Crippen molar-refractivity contribution < 1.29 is 23.0 Å². The number of aromatic nitrogens is 3. The van der Waals surface area contributed by atoms with E-state index in [-0.39, 0.29) is 18.3 Å². The summed E-state index contributed by atoms with van der Waals surface area (Å²) in [6.45, 7) is 3.08. The maximum Gasteiger partial charge on any atom is 0.433 e. The third-order valence-corrected chi connectivity index (χ3v) is 5.76. The molecular formula is C22H25F3N4O2. The fourth-order valence-corrected chi connectivity index (χ4v) is 4.23. The van der Waals surface area contributed by atoms with Gasteiger partial charge in [-0.3, -0.25) is 4.90 Å². The van der Waals surface area contributed by atoms with Gasteiger partial charge in [-0.05, 0) is 49.6 Å². The zero-order chi connectivity index (χ0) is 22.2. The number of halogens is 3. The lowest BCUT2D eigenvalue weighted by Crippen LogP contribution is -2.23. The van der Waals surface area contributed by atoms with E-state index in [1.165, 1.54) is 0 Å². The smallest absolute Gasteiger partial charge is 0.433 e. The van der Waals surface area contributed by atoms with Gasteiger partial charge >= 0.3 is 6.18 Å². The summed E-state index contributed by atoms with van der Waals surface area (Å²) in [6, 6.07) is 8.31. The van der Waals surface area contributed by atoms with E-state index in [9.17, 15) is 18.3 Å². The van der Waals surface area contributed by atoms with Gasteiger partial charge in [0.25, 0.3) is 0 Å². The minimum Gasteiger partial charge on any atom is -0.496 e. The van der Waals surface area contributed by atoms with Crippen LogP contribution in [0.25, 0.3) is 5.65 Å². The topological polar surface area (TPSA) is 62.9 Å². The Morgan fingerprint density at radius 2 is 2.03 bits per heavy atom. The molecule has 0 radical (unpaired) electrons. The van der Waals surface area contributed by atoms with Gasteiger partial charge in [-0.1, -0.05) is 13.0 Å². The number of hydrogen-bond donors (Lipinski definition) is 1. The average Bonchev–Trinajstić information content (AvgIpc) is 3.38. The summed E-state index contributed by atoms with van der Waals surface area (Å²) in [5.74, 6) is 0.627. The quantitative estimate of drug-likeness (QED) is 0.632. The highest BCUT2D eigenvalue weighted by Crippen LogP contribution is 2.35. The van der Waals surface area contributed by atoms with Gasteiger partial charge in [0.05, 0.1) is 25.5 Å². The Hall–Kier alpha value is -2.65. The SMILES string of the molecule is CCc1cc(C(F)(F)F)n2nc(C3CCCN3Cc3ccc(OC)c(CO)c3)cc2n1. The summed E-state index contributed by atoms with van der Waals surface area (Å²) in [4.78, 5) is 6.56. The third-order valence-electron chi connectivity index (χ3n) is 5.76. The Morgan fingerprint density at radius 1 is 1.23 bits per heavy atom. The number of methoxy groups -OCH3 is 1. The zero-order valence-corrected chi connectivity index (χ0v) is 17.5. The van der Waals surface area contributed by atoms with Crippen molar-refractivity contribution in [2.75, 3.05) is 13.7 Å². The van der Waals surface area contributed by atoms with Gasteiger partial charge in [0.2, 0.25) is 0 Å². The van der Waals surface area contributed by atoms with Crippen LogP contribution >= 0.6 is 0 Å². The van der Waals surface area contributed by atoms with Crippen LogP contribution in [0.5, 0.6) is 5.75 Å². The molecular weight excluding hydrogens is 409 g/mol. The number of aryl methyl sites for hydroxylation is 1. The highest BCUT2D eigenvalue weighted by Gasteiger charge is 2.36. The number of nitrogens with zero attached hydrogens (tertiary/aromatic N) is 4. The molecule has 3 aromatic rings. The lowest BCUT2D eigenvalue weighted by molar-refractivity contribution is -0.142. The van der Waals surface area contributed by atoms with Gasteiger partial charge in [0.1, 0.15) is 11.4 Å². The molecule has 1 aromatic carbocycles. The second kappa shape index (κ2) is 8.47. The molecule has 166 valence electrons. The number of likely N-dealkylation sites (tertiary alicyclic amines) is 1. The second-order valence-corrected chi connectivity index (χ2v) is 7.76. The van der Waals surface area contributed by atoms with Crippen LogP contribution in [0.3, 0.4) is 0 Å². The van der Waals surface area contributed by atoms with Gasteiger partial charge in [-0.15, -0.1) is 0 Å². The molecule has 2 aromatic heterocycles. The van der Waals surface area contributed by atoms with Crippen molar-refractivity contribution >= 4 is 5.65 Å². The molecule has 1 atom stereocenters. The predicted molar refractivity (Wildman–Crippen MR) is 109 cm³/mol. The van der Waals surface area contributed by atoms with E-state index in [4.69, 9.17) is 4.74 Å². The third kappa shape index (κ3) is 4.24. The lowest BCUT2D eigenvalue weighted by Gasteiger charge is -2.23. The van der Waals surface area contributed by atoms with E-state index in [0.717, 1.165) is 35.5 Å². The summed E-state index contributed by atoms with van der Waals surface area (Å²) in [6.07, 6.45) is -2.34. The van der Waals surface area contributed by atoms with Crippen LogP contribution in [-0.4, -0.2) is 38.3 Å². The first-order valence-electron chi connectivity index (χ1n) is 10.3. The normalized spacial score (nSPS) is 17.5. The Balaban J connectivity index is 1.66. The molecule has 1 fully saturated rings. The number of aliphatic hydroxyl groups is 1. The molecule has 0 saturated carbocycles. The first-order valence-corrected chi connectivity index (χ1v) is 10.3. The van der Waals surface area contributed by atoms with Crippen molar-refractivity contribution in [1.29, 1.82) is 0 Å². The largest absolute Gasteiger partial charge is 0.496 e. The molecule has 1 saturated heterocycles. The number of aliphatic hydroxyl groups excluding tert-OH is 1. The minimum absolute atomic E-state index is 0.0902. The predicted octanol–water partition coefficient (Wildman–Crippen LogP) is 4.15. The molecule has 1 aliphatic heterocycles. The van der Waals surface area contributed by atoms with Gasteiger partial charge < -0.3 is 9.84 Å². The maximum absolute atomic E-state index is 13.6. The van der Waals surface area contributed by atoms with Crippen LogP contribution in [0.2, 0.25) is 0 Å². The monoisotopic (exact) mass is 434 g/mol. The number of hydrogen-bond acceptors (Lipinski definition) is 5. The number of benzene rings is 1. The molecule has 6 nitrogen and oxygen atoms in total. The molecule has 31 heavy (non-hydrogen) atoms. The van der Waals surface area contributed by atoms with Gasteiger partial charge in [-0.25, -0.2) is 9.50 Å². The first-order chi connectivity index (χ1) is 14.8. The van der Waals surface area contributed by atoms with E-state index in [1.807, 2.05) is 18.2 Å². The number of fused-ring (bicyclic) bond motifs is 1. The van der Waals surface area contributed by atoms with E-state index in [1.54, 1.807) is 20.1 Å². The van der Waals surface area contributed by atoms with Crippen molar-refractivity contribution in [3.63, 3.8) is 0 Å². The van der Waals surface area contributed by atoms with E-state index in [0.29, 0.717) is 35.7 Å². The Bertz CT molecular complexity index is 1080. The van der Waals surface area contributed by atoms with Crippen molar-refractivity contribution in [2.45, 2.75) is 51.6 Å². The number of ether oxygens (including phenoxy) is 1. The molecule has 9 heteroatoms. The number of rotatable bonds is 6. The van der Waals surface area contributed by atoms with Crippen LogP contribution < -0.4 is 4.74 Å². The molecule has 1 unspecified atom stereocenters. The summed E-state index contributed by atoms with van der Waals surface area (Å²) in [5.41, 5.74) is 2.12. The summed E-state index contributed by atoms with van der Waals surface area (Å²) < 4.78 is 46.9. The highest BCUT2D eigenvalue weighted by molar-refractivity contribution is 5.43. The van der Waals surface area contributed by atoms with Gasteiger partial charge in [0, 0.05) is 23.9 Å². The fraction of sp³-hybridized carbons (Fsp3) is 0.455. The van der Waals surface area contributed by atoms with Crippen molar-refractivity contribution in [1.82, 2.24) is 19.5 Å². The van der Waals surface area contributed by atoms with Crippen molar-refractivity contribution in [3.05, 3.63) is 58.5 Å². The standard InChI is InChI=1S/C22H25F3N4O2/c1-3-16-10-20(22(23,24)25)29-21(26-16)11-17(27-29)18-5-4-8-28(18)12-14-6-7-19(31-2)15(9-14)13-30/h6-7,9-11,18,30H,3-5,8,12-13H2,1-2H3. The lowest BCUT2D eigenvalue weighted by atomic mass is 10.1. The summed E-state index contributed by atoms with van der Waals surface area (Å²) >= 11 is 0. The van der Waals surface area contributed by atoms with Crippen LogP contribution in [-0.2, 0) is 25.7 Å². The maximum atomic E-state index is 13.6. The molecule has 0 bridgehead atoms. The van der Waals surface area contributed by atoms with E-state index < -0.39 is 11.9 Å². The van der Waals surface area contributed by atoms with Crippen LogP contribution in [0.1, 0.15) is 54.0 Å². The highest BCUT2D eigenvalue weighted by atomic mass is 19.4. The van der Waals surface area contributed by atoms with Crippen LogP contribution in [0.15, 0.2) is 30.3 Å². The van der Waals surface area contributed by atoms with Gasteiger partial charge in [-0.2, -0.15) is 18.3 Å². The van der Waals surface area contributed by atoms with Crippen molar-refractivity contribution in [3.8, 4) is 5.75 Å². The van der Waals surface area contributed by atoms with Crippen LogP contribution in [0.4, 0.5) is 13.2 Å². The van der Waals surface area contributed by atoms with Crippen LogP contribution in [0, 0.1) is 0 Å². The Morgan fingerprint density at radius 3 is 2.71 bits per heavy atom. The molecule has 0 amide bonds. The molecule has 0 spiro atoms. The number of alkyl halides is 3. The first kappa shape index (κ1) is 21.6. The minimum atomic E-state index is -4.51.